The summed E-state index contributed by atoms with van der Waals surface area (Å²) in [6.07, 6.45) is 0.167. The summed E-state index contributed by atoms with van der Waals surface area (Å²) >= 11 is 1.54. The monoisotopic (exact) mass is 271 g/mol. The Kier molecular flexibility index (Phi) is 5.55. The first-order valence-electron chi connectivity index (χ1n) is 5.96. The van der Waals surface area contributed by atoms with Gasteiger partial charge < -0.3 is 15.7 Å². The minimum Gasteiger partial charge on any atom is -0.391 e. The molecular formula is C12H21N3O2S. The van der Waals surface area contributed by atoms with E-state index >= 15 is 0 Å². The molecule has 5 nitrogen and oxygen atoms in total. The summed E-state index contributed by atoms with van der Waals surface area (Å²) < 4.78 is 0. The standard InChI is InChI=1S/C12H21N3O2S/c1-12(2,3)10(16)6-14-11(17)13-5-4-9-7-18-8-15-9/h7-8,10,16H,4-6H2,1-3H3,(H2,13,14,17). The Hall–Kier alpha value is -1.14. The van der Waals surface area contributed by atoms with Gasteiger partial charge >= 0.3 is 6.03 Å². The predicted molar refractivity (Wildman–Crippen MR) is 72.7 cm³/mol. The van der Waals surface area contributed by atoms with E-state index in [4.69, 9.17) is 0 Å². The third kappa shape index (κ3) is 5.46. The number of nitrogens with zero attached hydrogens (tertiary/aromatic N) is 1. The molecule has 1 aromatic rings. The fourth-order valence-electron chi connectivity index (χ4n) is 1.22. The Morgan fingerprint density at radius 3 is 2.78 bits per heavy atom. The van der Waals surface area contributed by atoms with E-state index in [2.05, 4.69) is 15.6 Å². The molecule has 0 aliphatic heterocycles. The average molecular weight is 271 g/mol. The second-order valence-electron chi connectivity index (χ2n) is 5.25. The zero-order valence-corrected chi connectivity index (χ0v) is 11.9. The first-order valence-corrected chi connectivity index (χ1v) is 6.90. The summed E-state index contributed by atoms with van der Waals surface area (Å²) in [7, 11) is 0. The maximum atomic E-state index is 11.5. The first kappa shape index (κ1) is 14.9. The van der Waals surface area contributed by atoms with Crippen LogP contribution in [0.3, 0.4) is 0 Å². The third-order valence-electron chi connectivity index (χ3n) is 2.61. The number of aromatic nitrogens is 1. The molecule has 0 aromatic carbocycles. The first-order chi connectivity index (χ1) is 8.39. The van der Waals surface area contributed by atoms with Gasteiger partial charge in [0, 0.05) is 24.9 Å². The van der Waals surface area contributed by atoms with E-state index in [1.54, 1.807) is 16.8 Å². The van der Waals surface area contributed by atoms with Crippen LogP contribution in [0, 0.1) is 5.41 Å². The van der Waals surface area contributed by atoms with Crippen molar-refractivity contribution < 1.29 is 9.90 Å². The Bertz CT molecular complexity index is 360. The normalized spacial score (nSPS) is 13.1. The van der Waals surface area contributed by atoms with Crippen LogP contribution in [0.15, 0.2) is 10.9 Å². The number of aliphatic hydroxyl groups excluding tert-OH is 1. The van der Waals surface area contributed by atoms with E-state index < -0.39 is 6.10 Å². The zero-order valence-electron chi connectivity index (χ0n) is 11.1. The Morgan fingerprint density at radius 1 is 1.50 bits per heavy atom. The summed E-state index contributed by atoms with van der Waals surface area (Å²) in [5.74, 6) is 0. The van der Waals surface area contributed by atoms with Gasteiger partial charge in [-0.05, 0) is 5.41 Å². The second-order valence-corrected chi connectivity index (χ2v) is 5.97. The van der Waals surface area contributed by atoms with Crippen LogP contribution >= 0.6 is 11.3 Å². The second kappa shape index (κ2) is 6.70. The molecule has 3 N–H and O–H groups in total. The molecule has 1 aromatic heterocycles. The number of rotatable bonds is 5. The highest BCUT2D eigenvalue weighted by atomic mass is 32.1. The fourth-order valence-corrected chi connectivity index (χ4v) is 1.82. The van der Waals surface area contributed by atoms with Gasteiger partial charge in [-0.15, -0.1) is 11.3 Å². The molecule has 1 rings (SSSR count). The third-order valence-corrected chi connectivity index (χ3v) is 3.24. The molecule has 0 spiro atoms. The van der Waals surface area contributed by atoms with Crippen LogP contribution in [0.4, 0.5) is 4.79 Å². The molecule has 6 heteroatoms. The van der Waals surface area contributed by atoms with Crippen molar-refractivity contribution >= 4 is 17.4 Å². The van der Waals surface area contributed by atoms with Gasteiger partial charge in [0.1, 0.15) is 0 Å². The summed E-state index contributed by atoms with van der Waals surface area (Å²) in [5, 5.41) is 17.1. The largest absolute Gasteiger partial charge is 0.391 e. The Balaban J connectivity index is 2.14. The summed E-state index contributed by atoms with van der Waals surface area (Å²) in [6.45, 7) is 6.59. The molecule has 0 radical (unpaired) electrons. The quantitative estimate of drug-likeness (QED) is 0.757. The van der Waals surface area contributed by atoms with E-state index in [-0.39, 0.29) is 18.0 Å². The van der Waals surface area contributed by atoms with E-state index in [0.29, 0.717) is 6.54 Å². The molecule has 2 amide bonds. The lowest BCUT2D eigenvalue weighted by atomic mass is 9.89. The van der Waals surface area contributed by atoms with Crippen LogP contribution < -0.4 is 10.6 Å². The lowest BCUT2D eigenvalue weighted by Gasteiger charge is -2.25. The van der Waals surface area contributed by atoms with Crippen molar-refractivity contribution in [2.45, 2.75) is 33.3 Å². The number of amides is 2. The van der Waals surface area contributed by atoms with Gasteiger partial charge in [0.05, 0.1) is 17.3 Å². The van der Waals surface area contributed by atoms with Crippen molar-refractivity contribution in [2.75, 3.05) is 13.1 Å². The topological polar surface area (TPSA) is 74.2 Å². The molecule has 18 heavy (non-hydrogen) atoms. The van der Waals surface area contributed by atoms with E-state index in [1.807, 2.05) is 26.2 Å². The van der Waals surface area contributed by atoms with E-state index in [0.717, 1.165) is 12.1 Å². The molecule has 1 heterocycles. The SMILES string of the molecule is CC(C)(C)C(O)CNC(=O)NCCc1cscn1. The minimum atomic E-state index is -0.554. The van der Waals surface area contributed by atoms with Crippen molar-refractivity contribution in [3.05, 3.63) is 16.6 Å². The van der Waals surface area contributed by atoms with Gasteiger partial charge in [-0.25, -0.2) is 9.78 Å². The zero-order chi connectivity index (χ0) is 13.6. The van der Waals surface area contributed by atoms with Crippen LogP contribution in [-0.4, -0.2) is 35.3 Å². The molecule has 0 aliphatic rings. The number of urea groups is 1. The lowest BCUT2D eigenvalue weighted by Crippen LogP contribution is -2.44. The van der Waals surface area contributed by atoms with E-state index in [9.17, 15) is 9.90 Å². The lowest BCUT2D eigenvalue weighted by molar-refractivity contribution is 0.0650. The molecule has 1 atom stereocenters. The minimum absolute atomic E-state index is 0.228. The van der Waals surface area contributed by atoms with Crippen molar-refractivity contribution in [1.29, 1.82) is 0 Å². The molecule has 0 aliphatic carbocycles. The molecule has 0 saturated heterocycles. The van der Waals surface area contributed by atoms with Gasteiger partial charge in [0.25, 0.3) is 0 Å². The van der Waals surface area contributed by atoms with Crippen LogP contribution in [0.5, 0.6) is 0 Å². The summed E-state index contributed by atoms with van der Waals surface area (Å²) in [6, 6.07) is -0.256. The summed E-state index contributed by atoms with van der Waals surface area (Å²) in [5.41, 5.74) is 2.53. The van der Waals surface area contributed by atoms with Crippen LogP contribution in [0.2, 0.25) is 0 Å². The highest BCUT2D eigenvalue weighted by molar-refractivity contribution is 7.07. The van der Waals surface area contributed by atoms with Gasteiger partial charge in [0.2, 0.25) is 0 Å². The average Bonchev–Trinajstić information content (AvgIpc) is 2.77. The number of carbonyl (C=O) groups excluding carboxylic acids is 1. The maximum absolute atomic E-state index is 11.5. The Labute approximate surface area is 112 Å². The highest BCUT2D eigenvalue weighted by Gasteiger charge is 2.22. The molecule has 1 unspecified atom stereocenters. The fraction of sp³-hybridized carbons (Fsp3) is 0.667. The van der Waals surface area contributed by atoms with Gasteiger partial charge in [-0.3, -0.25) is 0 Å². The maximum Gasteiger partial charge on any atom is 0.314 e. The number of nitrogens with one attached hydrogen (secondary N) is 2. The molecule has 0 saturated carbocycles. The predicted octanol–water partition coefficient (Wildman–Crippen LogP) is 1.39. The van der Waals surface area contributed by atoms with E-state index in [1.165, 1.54) is 0 Å². The number of hydrogen-bond donors (Lipinski definition) is 3. The van der Waals surface area contributed by atoms with Crippen LogP contribution in [-0.2, 0) is 6.42 Å². The highest BCUT2D eigenvalue weighted by Crippen LogP contribution is 2.17. The number of aliphatic hydroxyl groups is 1. The van der Waals surface area contributed by atoms with Gasteiger partial charge in [-0.1, -0.05) is 20.8 Å². The Morgan fingerprint density at radius 2 is 2.22 bits per heavy atom. The van der Waals surface area contributed by atoms with Crippen molar-refractivity contribution in [2.24, 2.45) is 5.41 Å². The molecule has 102 valence electrons. The molecular weight excluding hydrogens is 250 g/mol. The van der Waals surface area contributed by atoms with Crippen molar-refractivity contribution in [1.82, 2.24) is 15.6 Å². The van der Waals surface area contributed by atoms with Gasteiger partial charge in [0.15, 0.2) is 0 Å². The molecule has 0 fully saturated rings. The number of thiazole rings is 1. The van der Waals surface area contributed by atoms with Crippen molar-refractivity contribution in [3.63, 3.8) is 0 Å². The van der Waals surface area contributed by atoms with Crippen LogP contribution in [0.1, 0.15) is 26.5 Å². The molecule has 0 bridgehead atoms. The summed E-state index contributed by atoms with van der Waals surface area (Å²) in [4.78, 5) is 15.6. The van der Waals surface area contributed by atoms with Crippen LogP contribution in [0.25, 0.3) is 0 Å². The smallest absolute Gasteiger partial charge is 0.314 e. The number of carbonyl (C=O) groups is 1. The van der Waals surface area contributed by atoms with Gasteiger partial charge in [-0.2, -0.15) is 0 Å². The van der Waals surface area contributed by atoms with Crippen molar-refractivity contribution in [3.8, 4) is 0 Å². The number of hydrogen-bond acceptors (Lipinski definition) is 4.